The summed E-state index contributed by atoms with van der Waals surface area (Å²) in [6.45, 7) is 9.14. The largest absolute Gasteiger partial charge is 0.481 e. The van der Waals surface area contributed by atoms with Gasteiger partial charge < -0.3 is 10.4 Å². The van der Waals surface area contributed by atoms with Crippen LogP contribution in [0.4, 0.5) is 0 Å². The van der Waals surface area contributed by atoms with E-state index in [0.717, 1.165) is 25.8 Å². The minimum atomic E-state index is -0.670. The maximum atomic E-state index is 11.3. The zero-order chi connectivity index (χ0) is 12.8. The van der Waals surface area contributed by atoms with Crippen LogP contribution in [0.2, 0.25) is 5.31 Å². The molecule has 18 heavy (non-hydrogen) atoms. The van der Waals surface area contributed by atoms with Crippen molar-refractivity contribution in [2.75, 3.05) is 6.54 Å². The zero-order valence-corrected chi connectivity index (χ0v) is 13.8. The summed E-state index contributed by atoms with van der Waals surface area (Å²) in [6, 6.07) is 0. The molecule has 0 aliphatic rings. The fourth-order valence-electron chi connectivity index (χ4n) is 1.62. The van der Waals surface area contributed by atoms with Gasteiger partial charge in [0.05, 0.1) is 0 Å². The zero-order valence-electron chi connectivity index (χ0n) is 12.2. The molecular weight excluding hydrogens is 272 g/mol. The molecule has 1 unspecified atom stereocenters. The highest BCUT2D eigenvalue weighted by atomic mass is 35.5. The van der Waals surface area contributed by atoms with Gasteiger partial charge in [-0.25, -0.2) is 0 Å². The van der Waals surface area contributed by atoms with E-state index in [0.29, 0.717) is 6.42 Å². The molecule has 110 valence electrons. The van der Waals surface area contributed by atoms with E-state index in [4.69, 9.17) is 0 Å². The van der Waals surface area contributed by atoms with Gasteiger partial charge in [-0.1, -0.05) is 19.8 Å². The number of carboxylic acid groups (broad SMARTS) is 1. The lowest BCUT2D eigenvalue weighted by Crippen LogP contribution is -2.39. The summed E-state index contributed by atoms with van der Waals surface area (Å²) in [5, 5.41) is 12.0. The maximum absolute atomic E-state index is 11.3. The smallest absolute Gasteiger partial charge is 0.301 e. The molecule has 0 spiro atoms. The lowest BCUT2D eigenvalue weighted by atomic mass is 9.63. The normalized spacial score (nSPS) is 14.0. The summed E-state index contributed by atoms with van der Waals surface area (Å²) in [5.41, 5.74) is 0.0597. The molecule has 6 heteroatoms. The van der Waals surface area contributed by atoms with Gasteiger partial charge >= 0.3 is 5.97 Å². The fourth-order valence-corrected chi connectivity index (χ4v) is 1.62. The number of unbranched alkanes of at least 4 members (excludes halogenated alkanes) is 1. The van der Waals surface area contributed by atoms with E-state index >= 15 is 0 Å². The van der Waals surface area contributed by atoms with E-state index < -0.39 is 11.3 Å². The molecule has 0 radical (unpaired) electrons. The highest BCUT2D eigenvalue weighted by Gasteiger charge is 2.31. The number of nitrogens with one attached hydrogen (secondary N) is 1. The topological polar surface area (TPSA) is 49.3 Å². The third-order valence-electron chi connectivity index (χ3n) is 2.93. The van der Waals surface area contributed by atoms with Crippen LogP contribution >= 0.6 is 24.8 Å². The van der Waals surface area contributed by atoms with Gasteiger partial charge in [-0.3, -0.25) is 4.79 Å². The minimum absolute atomic E-state index is 0. The highest BCUT2D eigenvalue weighted by molar-refractivity contribution is 6.26. The molecule has 0 aromatic carbocycles. The molecule has 0 heterocycles. The highest BCUT2D eigenvalue weighted by Crippen LogP contribution is 2.33. The summed E-state index contributed by atoms with van der Waals surface area (Å²) >= 11 is 0. The van der Waals surface area contributed by atoms with Gasteiger partial charge in [0.25, 0.3) is 0 Å². The molecule has 0 aliphatic heterocycles. The second kappa shape index (κ2) is 9.93. The molecule has 0 fully saturated rings. The van der Waals surface area contributed by atoms with Gasteiger partial charge in [0.2, 0.25) is 0 Å². The fraction of sp³-hybridized carbons (Fsp3) is 0.917. The Morgan fingerprint density at radius 1 is 1.22 bits per heavy atom. The number of hydrogen-bond acceptors (Lipinski definition) is 2. The second-order valence-corrected chi connectivity index (χ2v) is 5.90. The first-order valence-electron chi connectivity index (χ1n) is 6.20. The van der Waals surface area contributed by atoms with E-state index in [1.54, 1.807) is 0 Å². The number of carboxylic acids is 1. The van der Waals surface area contributed by atoms with Crippen LogP contribution in [0.3, 0.4) is 0 Å². The van der Waals surface area contributed by atoms with Crippen LogP contribution in [-0.4, -0.2) is 31.0 Å². The number of carbonyl (C=O) groups is 1. The second-order valence-electron chi connectivity index (χ2n) is 5.90. The van der Waals surface area contributed by atoms with Gasteiger partial charge in [0.15, 0.2) is 0 Å². The number of aliphatic carboxylic acids is 1. The van der Waals surface area contributed by atoms with Crippen molar-refractivity contribution >= 4 is 38.6 Å². The Morgan fingerprint density at radius 3 is 2.06 bits per heavy atom. The monoisotopic (exact) mass is 299 g/mol. The molecule has 2 N–H and O–H groups in total. The van der Waals surface area contributed by atoms with Crippen LogP contribution in [0.1, 0.15) is 53.4 Å². The van der Waals surface area contributed by atoms with Crippen molar-refractivity contribution in [3.05, 3.63) is 0 Å². The Kier molecular flexibility index (Phi) is 12.8. The van der Waals surface area contributed by atoms with Gasteiger partial charge in [0.1, 0.15) is 7.85 Å². The van der Waals surface area contributed by atoms with Crippen molar-refractivity contribution in [2.24, 2.45) is 0 Å². The first-order valence-corrected chi connectivity index (χ1v) is 6.20. The first kappa shape index (κ1) is 23.2. The average Bonchev–Trinajstić information content (AvgIpc) is 2.12. The molecular formula is C12H28BCl2NO2. The SMILES string of the molecule is BC(CCCC)(CCNC(C)(C)C)C(=O)O.Cl.Cl. The van der Waals surface area contributed by atoms with Crippen molar-refractivity contribution in [1.82, 2.24) is 5.32 Å². The molecule has 0 aromatic rings. The Bertz CT molecular complexity index is 235. The van der Waals surface area contributed by atoms with Gasteiger partial charge in [-0.2, -0.15) is 0 Å². The molecule has 0 saturated heterocycles. The molecule has 0 bridgehead atoms. The van der Waals surface area contributed by atoms with Crippen molar-refractivity contribution < 1.29 is 9.90 Å². The predicted molar refractivity (Wildman–Crippen MR) is 85.3 cm³/mol. The molecule has 0 rings (SSSR count). The van der Waals surface area contributed by atoms with Crippen LogP contribution < -0.4 is 5.32 Å². The first-order chi connectivity index (χ1) is 7.21. The molecule has 0 saturated carbocycles. The number of halogens is 2. The molecule has 3 nitrogen and oxygen atoms in total. The van der Waals surface area contributed by atoms with Crippen molar-refractivity contribution in [2.45, 2.75) is 64.2 Å². The average molecular weight is 300 g/mol. The van der Waals surface area contributed by atoms with Gasteiger partial charge in [-0.15, -0.1) is 24.8 Å². The molecule has 1 atom stereocenters. The van der Waals surface area contributed by atoms with Crippen LogP contribution in [0, 0.1) is 0 Å². The predicted octanol–water partition coefficient (Wildman–Crippen LogP) is 2.67. The lowest BCUT2D eigenvalue weighted by molar-refractivity contribution is -0.141. The maximum Gasteiger partial charge on any atom is 0.301 e. The van der Waals surface area contributed by atoms with E-state index in [-0.39, 0.29) is 30.4 Å². The Balaban J connectivity index is -0.00000112. The standard InChI is InChI=1S/C12H26BNO2.2ClH/c1-5-6-7-12(13,10(15)16)8-9-14-11(2,3)4;;/h14H,5-9,13H2,1-4H3,(H,15,16);2*1H. The third kappa shape index (κ3) is 10.0. The lowest BCUT2D eigenvalue weighted by Gasteiger charge is -2.28. The van der Waals surface area contributed by atoms with Crippen molar-refractivity contribution in [3.8, 4) is 0 Å². The van der Waals surface area contributed by atoms with Gasteiger partial charge in [-0.05, 0) is 40.2 Å². The molecule has 0 aliphatic carbocycles. The number of rotatable bonds is 7. The minimum Gasteiger partial charge on any atom is -0.481 e. The van der Waals surface area contributed by atoms with E-state index in [1.807, 2.05) is 7.85 Å². The third-order valence-corrected chi connectivity index (χ3v) is 2.93. The Labute approximate surface area is 125 Å². The van der Waals surface area contributed by atoms with Crippen LogP contribution in [0.5, 0.6) is 0 Å². The summed E-state index contributed by atoms with van der Waals surface area (Å²) in [5.74, 6) is -0.670. The van der Waals surface area contributed by atoms with E-state index in [1.165, 1.54) is 0 Å². The van der Waals surface area contributed by atoms with Gasteiger partial charge in [0, 0.05) is 10.9 Å². The summed E-state index contributed by atoms with van der Waals surface area (Å²) in [4.78, 5) is 11.3. The molecule has 0 amide bonds. The van der Waals surface area contributed by atoms with Crippen LogP contribution in [-0.2, 0) is 4.79 Å². The summed E-state index contributed by atoms with van der Waals surface area (Å²) in [6.07, 6.45) is 3.50. The van der Waals surface area contributed by atoms with Crippen LogP contribution in [0.25, 0.3) is 0 Å². The summed E-state index contributed by atoms with van der Waals surface area (Å²) < 4.78 is 0. The van der Waals surface area contributed by atoms with Crippen molar-refractivity contribution in [3.63, 3.8) is 0 Å². The van der Waals surface area contributed by atoms with E-state index in [9.17, 15) is 9.90 Å². The van der Waals surface area contributed by atoms with Crippen molar-refractivity contribution in [1.29, 1.82) is 0 Å². The Morgan fingerprint density at radius 2 is 1.72 bits per heavy atom. The van der Waals surface area contributed by atoms with E-state index in [2.05, 4.69) is 33.0 Å². The quantitative estimate of drug-likeness (QED) is 0.711. The number of hydrogen-bond donors (Lipinski definition) is 2. The molecule has 0 aromatic heterocycles. The Hall–Kier alpha value is 0.0749. The summed E-state index contributed by atoms with van der Waals surface area (Å²) in [7, 11) is 1.86. The van der Waals surface area contributed by atoms with Crippen LogP contribution in [0.15, 0.2) is 0 Å².